The molecule has 3 heterocycles. The second kappa shape index (κ2) is 14.3. The molecule has 0 aliphatic carbocycles. The molecule has 0 unspecified atom stereocenters. The van der Waals surface area contributed by atoms with Crippen molar-refractivity contribution in [1.29, 1.82) is 0 Å². The molecule has 0 aliphatic rings. The van der Waals surface area contributed by atoms with Gasteiger partial charge in [0.1, 0.15) is 12.7 Å². The molecule has 10 rings (SSSR count). The van der Waals surface area contributed by atoms with E-state index in [4.69, 9.17) is 0 Å². The zero-order valence-corrected chi connectivity index (χ0v) is 30.3. The number of hydrogen-bond donors (Lipinski definition) is 0. The fourth-order valence-corrected chi connectivity index (χ4v) is 7.68. The van der Waals surface area contributed by atoms with Crippen molar-refractivity contribution in [1.82, 2.24) is 24.5 Å². The lowest BCUT2D eigenvalue weighted by Crippen LogP contribution is -2.09. The van der Waals surface area contributed by atoms with Gasteiger partial charge in [0.25, 0.3) is 0 Å². The third kappa shape index (κ3) is 6.05. The quantitative estimate of drug-likeness (QED) is 0.157. The molecule has 0 saturated heterocycles. The maximum Gasteiger partial charge on any atom is 0.162 e. The fraction of sp³-hybridized carbons (Fsp3) is 0. The highest BCUT2D eigenvalue weighted by molar-refractivity contribution is 6.15. The molecule has 0 radical (unpaired) electrons. The second-order valence-corrected chi connectivity index (χ2v) is 13.7. The number of para-hydroxylation sites is 2. The van der Waals surface area contributed by atoms with Crippen LogP contribution in [0.15, 0.2) is 207 Å². The van der Waals surface area contributed by atoms with Crippen molar-refractivity contribution in [2.24, 2.45) is 0 Å². The standard InChI is InChI=1S/C50H34N6/c1-3-10-37(11-4-1)46-30-40(31-47-45-15-7-8-16-48(45)56(49(46)47)41-13-5-2-6-14-41)36-19-25-43(26-20-36)55(42-23-17-35(18-24-42)39-12-9-29-51-32-39)44-27-21-38(22-28-44)50-53-33-52-34-54-50/h1-34H. The molecule has 0 atom stereocenters. The zero-order valence-electron chi connectivity index (χ0n) is 30.3. The van der Waals surface area contributed by atoms with Gasteiger partial charge >= 0.3 is 0 Å². The van der Waals surface area contributed by atoms with E-state index in [-0.39, 0.29) is 0 Å². The first-order valence-corrected chi connectivity index (χ1v) is 18.6. The van der Waals surface area contributed by atoms with E-state index in [0.717, 1.165) is 50.6 Å². The van der Waals surface area contributed by atoms with Crippen LogP contribution < -0.4 is 4.90 Å². The minimum absolute atomic E-state index is 0.641. The highest BCUT2D eigenvalue weighted by atomic mass is 15.1. The molecule has 0 saturated carbocycles. The first-order chi connectivity index (χ1) is 27.8. The second-order valence-electron chi connectivity index (χ2n) is 13.7. The van der Waals surface area contributed by atoms with E-state index >= 15 is 0 Å². The largest absolute Gasteiger partial charge is 0.311 e. The fourth-order valence-electron chi connectivity index (χ4n) is 7.68. The topological polar surface area (TPSA) is 59.7 Å². The number of benzene rings is 7. The first kappa shape index (κ1) is 32.9. The van der Waals surface area contributed by atoms with Crippen LogP contribution in [0.25, 0.3) is 72.3 Å². The minimum atomic E-state index is 0.641. The summed E-state index contributed by atoms with van der Waals surface area (Å²) in [6.45, 7) is 0. The predicted octanol–water partition coefficient (Wildman–Crippen LogP) is 12.5. The number of fused-ring (bicyclic) bond motifs is 3. The summed E-state index contributed by atoms with van der Waals surface area (Å²) in [6, 6.07) is 64.7. The highest BCUT2D eigenvalue weighted by Gasteiger charge is 2.19. The molecule has 6 nitrogen and oxygen atoms in total. The smallest absolute Gasteiger partial charge is 0.162 e. The van der Waals surface area contributed by atoms with Crippen LogP contribution in [0.1, 0.15) is 0 Å². The summed E-state index contributed by atoms with van der Waals surface area (Å²) >= 11 is 0. The Morgan fingerprint density at radius 2 is 0.982 bits per heavy atom. The normalized spacial score (nSPS) is 11.2. The Kier molecular flexibility index (Phi) is 8.39. The van der Waals surface area contributed by atoms with Crippen LogP contribution in [-0.4, -0.2) is 24.5 Å². The van der Waals surface area contributed by atoms with Crippen molar-refractivity contribution in [2.45, 2.75) is 0 Å². The van der Waals surface area contributed by atoms with E-state index in [1.54, 1.807) is 6.20 Å². The highest BCUT2D eigenvalue weighted by Crippen LogP contribution is 2.42. The molecule has 10 aromatic rings. The van der Waals surface area contributed by atoms with Gasteiger partial charge in [0.2, 0.25) is 0 Å². The van der Waals surface area contributed by atoms with Crippen molar-refractivity contribution in [3.63, 3.8) is 0 Å². The summed E-state index contributed by atoms with van der Waals surface area (Å²) in [5, 5.41) is 2.45. The van der Waals surface area contributed by atoms with E-state index in [1.165, 1.54) is 45.6 Å². The third-order valence-electron chi connectivity index (χ3n) is 10.3. The van der Waals surface area contributed by atoms with Gasteiger partial charge in [0, 0.05) is 57.0 Å². The van der Waals surface area contributed by atoms with Gasteiger partial charge in [-0.15, -0.1) is 0 Å². The van der Waals surface area contributed by atoms with E-state index in [9.17, 15) is 0 Å². The first-order valence-electron chi connectivity index (χ1n) is 18.6. The molecular formula is C50H34N6. The van der Waals surface area contributed by atoms with Crippen molar-refractivity contribution >= 4 is 38.9 Å². The molecule has 56 heavy (non-hydrogen) atoms. The SMILES string of the molecule is c1ccc(-c2cc(-c3ccc(N(c4ccc(-c5cccnc5)cc4)c4ccc(-c5ncncn5)cc4)cc3)cc3c4ccccc4n(-c4ccccc4)c23)cc1. The lowest BCUT2D eigenvalue weighted by molar-refractivity contribution is 1.06. The van der Waals surface area contributed by atoms with Gasteiger partial charge in [-0.05, 0) is 113 Å². The van der Waals surface area contributed by atoms with Crippen LogP contribution >= 0.6 is 0 Å². The summed E-state index contributed by atoms with van der Waals surface area (Å²) in [7, 11) is 0. The molecule has 0 amide bonds. The van der Waals surface area contributed by atoms with Crippen molar-refractivity contribution < 1.29 is 0 Å². The minimum Gasteiger partial charge on any atom is -0.311 e. The Hall–Kier alpha value is -7.70. The molecule has 7 aromatic carbocycles. The Balaban J connectivity index is 1.10. The molecule has 264 valence electrons. The number of hydrogen-bond acceptors (Lipinski definition) is 5. The zero-order chi connectivity index (χ0) is 37.3. The van der Waals surface area contributed by atoms with Crippen LogP contribution in [0.4, 0.5) is 17.1 Å². The molecule has 0 spiro atoms. The monoisotopic (exact) mass is 718 g/mol. The summed E-state index contributed by atoms with van der Waals surface area (Å²) in [6.07, 6.45) is 6.74. The van der Waals surface area contributed by atoms with Crippen molar-refractivity contribution in [3.05, 3.63) is 207 Å². The summed E-state index contributed by atoms with van der Waals surface area (Å²) < 4.78 is 2.41. The van der Waals surface area contributed by atoms with Crippen LogP contribution in [-0.2, 0) is 0 Å². The molecule has 0 aliphatic heterocycles. The molecule has 0 N–H and O–H groups in total. The Morgan fingerprint density at radius 1 is 0.411 bits per heavy atom. The third-order valence-corrected chi connectivity index (χ3v) is 10.3. The maximum atomic E-state index is 4.35. The van der Waals surface area contributed by atoms with Crippen LogP contribution in [0.2, 0.25) is 0 Å². The number of nitrogens with zero attached hydrogens (tertiary/aromatic N) is 6. The van der Waals surface area contributed by atoms with Gasteiger partial charge in [0.05, 0.1) is 11.0 Å². The lowest BCUT2D eigenvalue weighted by Gasteiger charge is -2.26. The number of aromatic nitrogens is 5. The van der Waals surface area contributed by atoms with Crippen LogP contribution in [0.3, 0.4) is 0 Å². The van der Waals surface area contributed by atoms with Gasteiger partial charge in [-0.2, -0.15) is 0 Å². The average Bonchev–Trinajstić information content (AvgIpc) is 3.62. The number of pyridine rings is 1. The van der Waals surface area contributed by atoms with Gasteiger partial charge in [-0.25, -0.2) is 15.0 Å². The van der Waals surface area contributed by atoms with Crippen molar-refractivity contribution in [3.8, 4) is 50.5 Å². The Labute approximate surface area is 324 Å². The Morgan fingerprint density at radius 3 is 1.62 bits per heavy atom. The molecular weight excluding hydrogens is 685 g/mol. The van der Waals surface area contributed by atoms with Gasteiger partial charge in [-0.1, -0.05) is 97.1 Å². The summed E-state index contributed by atoms with van der Waals surface area (Å²) in [5.41, 5.74) is 14.4. The van der Waals surface area contributed by atoms with Crippen LogP contribution in [0.5, 0.6) is 0 Å². The molecule has 0 fully saturated rings. The van der Waals surface area contributed by atoms with E-state index < -0.39 is 0 Å². The number of rotatable bonds is 8. The van der Waals surface area contributed by atoms with E-state index in [0.29, 0.717) is 5.82 Å². The van der Waals surface area contributed by atoms with Gasteiger partial charge < -0.3 is 9.47 Å². The van der Waals surface area contributed by atoms with E-state index in [1.807, 2.05) is 12.3 Å². The van der Waals surface area contributed by atoms with Gasteiger partial charge in [-0.3, -0.25) is 4.98 Å². The molecule has 3 aromatic heterocycles. The number of anilines is 3. The maximum absolute atomic E-state index is 4.35. The summed E-state index contributed by atoms with van der Waals surface area (Å²) in [4.78, 5) is 19.3. The predicted molar refractivity (Wildman–Crippen MR) is 228 cm³/mol. The van der Waals surface area contributed by atoms with Gasteiger partial charge in [0.15, 0.2) is 5.82 Å². The Bertz CT molecular complexity index is 2830. The average molecular weight is 719 g/mol. The van der Waals surface area contributed by atoms with Crippen LogP contribution in [0, 0.1) is 0 Å². The molecule has 0 bridgehead atoms. The molecule has 6 heteroatoms. The van der Waals surface area contributed by atoms with Crippen molar-refractivity contribution in [2.75, 3.05) is 4.90 Å². The van der Waals surface area contributed by atoms with E-state index in [2.05, 4.69) is 205 Å². The lowest BCUT2D eigenvalue weighted by atomic mass is 9.95. The summed E-state index contributed by atoms with van der Waals surface area (Å²) in [5.74, 6) is 0.641.